The van der Waals surface area contributed by atoms with Crippen LogP contribution in [0.3, 0.4) is 0 Å². The van der Waals surface area contributed by atoms with E-state index in [2.05, 4.69) is 5.32 Å². The van der Waals surface area contributed by atoms with Crippen molar-refractivity contribution in [2.75, 3.05) is 0 Å². The number of ether oxygens (including phenoxy) is 1. The second kappa shape index (κ2) is 8.03. The summed E-state index contributed by atoms with van der Waals surface area (Å²) in [4.78, 5) is 35.0. The quantitative estimate of drug-likeness (QED) is 0.733. The molecule has 0 unspecified atom stereocenters. The van der Waals surface area contributed by atoms with Crippen LogP contribution in [0.2, 0.25) is 0 Å². The SMILES string of the molecule is CCc1cc(=O)oc2cc(O[C@H](C)C(=O)N[C@H](C(=O)O)C(C)C)ccc12. The van der Waals surface area contributed by atoms with Gasteiger partial charge in [0.05, 0.1) is 0 Å². The molecule has 0 saturated heterocycles. The van der Waals surface area contributed by atoms with Gasteiger partial charge in [0.2, 0.25) is 0 Å². The molecule has 0 radical (unpaired) electrons. The third kappa shape index (κ3) is 4.41. The average molecular weight is 361 g/mol. The monoisotopic (exact) mass is 361 g/mol. The van der Waals surface area contributed by atoms with Crippen LogP contribution in [-0.4, -0.2) is 29.1 Å². The van der Waals surface area contributed by atoms with Crippen LogP contribution in [0.5, 0.6) is 5.75 Å². The van der Waals surface area contributed by atoms with Gasteiger partial charge in [0.1, 0.15) is 17.4 Å². The van der Waals surface area contributed by atoms with Crippen LogP contribution in [0.1, 0.15) is 33.3 Å². The van der Waals surface area contributed by atoms with Crippen molar-refractivity contribution in [2.24, 2.45) is 5.92 Å². The highest BCUT2D eigenvalue weighted by Crippen LogP contribution is 2.23. The predicted molar refractivity (Wildman–Crippen MR) is 96.4 cm³/mol. The number of carboxylic acids is 1. The second-order valence-electron chi connectivity index (χ2n) is 6.43. The maximum atomic E-state index is 12.2. The van der Waals surface area contributed by atoms with Gasteiger partial charge >= 0.3 is 11.6 Å². The zero-order valence-corrected chi connectivity index (χ0v) is 15.2. The number of aliphatic carboxylic acids is 1. The van der Waals surface area contributed by atoms with E-state index < -0.39 is 29.6 Å². The number of nitrogens with one attached hydrogen (secondary N) is 1. The number of fused-ring (bicyclic) bond motifs is 1. The van der Waals surface area contributed by atoms with Crippen molar-refractivity contribution in [3.8, 4) is 5.75 Å². The number of benzene rings is 1. The summed E-state index contributed by atoms with van der Waals surface area (Å²) in [6.45, 7) is 6.89. The zero-order chi connectivity index (χ0) is 19.4. The number of carbonyl (C=O) groups is 2. The summed E-state index contributed by atoms with van der Waals surface area (Å²) < 4.78 is 10.8. The molecule has 0 aliphatic carbocycles. The molecule has 26 heavy (non-hydrogen) atoms. The third-order valence-corrected chi connectivity index (χ3v) is 4.10. The topological polar surface area (TPSA) is 106 Å². The average Bonchev–Trinajstić information content (AvgIpc) is 2.57. The van der Waals surface area contributed by atoms with Crippen molar-refractivity contribution < 1.29 is 23.8 Å². The van der Waals surface area contributed by atoms with Crippen LogP contribution in [0, 0.1) is 5.92 Å². The molecule has 2 atom stereocenters. The van der Waals surface area contributed by atoms with Gasteiger partial charge in [-0.15, -0.1) is 0 Å². The fourth-order valence-corrected chi connectivity index (χ4v) is 2.62. The summed E-state index contributed by atoms with van der Waals surface area (Å²) >= 11 is 0. The first kappa shape index (κ1) is 19.5. The van der Waals surface area contributed by atoms with Gasteiger partial charge in [0.15, 0.2) is 6.10 Å². The van der Waals surface area contributed by atoms with Crippen LogP contribution in [0.4, 0.5) is 0 Å². The molecule has 1 aromatic carbocycles. The molecule has 0 saturated carbocycles. The number of carbonyl (C=O) groups excluding carboxylic acids is 1. The van der Waals surface area contributed by atoms with Crippen LogP contribution in [0.15, 0.2) is 33.5 Å². The zero-order valence-electron chi connectivity index (χ0n) is 15.2. The maximum Gasteiger partial charge on any atom is 0.336 e. The summed E-state index contributed by atoms with van der Waals surface area (Å²) in [6, 6.07) is 5.47. The molecule has 7 nitrogen and oxygen atoms in total. The molecule has 2 N–H and O–H groups in total. The van der Waals surface area contributed by atoms with Gasteiger partial charge in [-0.05, 0) is 37.0 Å². The van der Waals surface area contributed by atoms with E-state index in [1.807, 2.05) is 6.92 Å². The summed E-state index contributed by atoms with van der Waals surface area (Å²) in [5.74, 6) is -1.53. The van der Waals surface area contributed by atoms with Gasteiger partial charge in [0, 0.05) is 17.5 Å². The first-order chi connectivity index (χ1) is 12.2. The first-order valence-electron chi connectivity index (χ1n) is 8.49. The van der Waals surface area contributed by atoms with Crippen molar-refractivity contribution >= 4 is 22.8 Å². The molecule has 1 aromatic heterocycles. The fourth-order valence-electron chi connectivity index (χ4n) is 2.62. The maximum absolute atomic E-state index is 12.2. The molecule has 1 heterocycles. The Balaban J connectivity index is 2.18. The normalized spacial score (nSPS) is 13.4. The first-order valence-corrected chi connectivity index (χ1v) is 8.49. The smallest absolute Gasteiger partial charge is 0.336 e. The van der Waals surface area contributed by atoms with Gasteiger partial charge in [-0.3, -0.25) is 4.79 Å². The molecule has 1 amide bonds. The minimum atomic E-state index is -1.10. The molecule has 0 fully saturated rings. The van der Waals surface area contributed by atoms with Crippen LogP contribution in [-0.2, 0) is 16.0 Å². The van der Waals surface area contributed by atoms with Crippen LogP contribution in [0.25, 0.3) is 11.0 Å². The molecule has 0 aliphatic rings. The lowest BCUT2D eigenvalue weighted by molar-refractivity contribution is -0.144. The summed E-state index contributed by atoms with van der Waals surface area (Å²) in [7, 11) is 0. The van der Waals surface area contributed by atoms with Gasteiger partial charge in [-0.1, -0.05) is 20.8 Å². The second-order valence-corrected chi connectivity index (χ2v) is 6.43. The van der Waals surface area contributed by atoms with E-state index in [0.29, 0.717) is 17.8 Å². The molecule has 7 heteroatoms. The Labute approximate surface area is 151 Å². The lowest BCUT2D eigenvalue weighted by Gasteiger charge is -2.21. The van der Waals surface area contributed by atoms with E-state index in [1.54, 1.807) is 32.0 Å². The van der Waals surface area contributed by atoms with Crippen molar-refractivity contribution in [3.05, 3.63) is 40.2 Å². The van der Waals surface area contributed by atoms with Gasteiger partial charge in [0.25, 0.3) is 5.91 Å². The summed E-state index contributed by atoms with van der Waals surface area (Å²) in [5.41, 5.74) is 0.804. The molecular formula is C19H23NO6. The minimum Gasteiger partial charge on any atom is -0.481 e. The van der Waals surface area contributed by atoms with Gasteiger partial charge in [-0.25, -0.2) is 9.59 Å². The molecule has 2 aromatic rings. The van der Waals surface area contributed by atoms with Crippen molar-refractivity contribution in [3.63, 3.8) is 0 Å². The molecule has 140 valence electrons. The van der Waals surface area contributed by atoms with E-state index in [9.17, 15) is 14.4 Å². The molecule has 0 aliphatic heterocycles. The number of amides is 1. The van der Waals surface area contributed by atoms with Gasteiger partial charge in [-0.2, -0.15) is 0 Å². The van der Waals surface area contributed by atoms with Crippen molar-refractivity contribution in [2.45, 2.75) is 46.3 Å². The number of aryl methyl sites for hydroxylation is 1. The summed E-state index contributed by atoms with van der Waals surface area (Å²) in [5, 5.41) is 12.4. The van der Waals surface area contributed by atoms with Crippen molar-refractivity contribution in [1.82, 2.24) is 5.32 Å². The number of rotatable bonds is 7. The predicted octanol–water partition coefficient (Wildman–Crippen LogP) is 2.35. The fraction of sp³-hybridized carbons (Fsp3) is 0.421. The third-order valence-electron chi connectivity index (χ3n) is 4.10. The Morgan fingerprint density at radius 1 is 1.23 bits per heavy atom. The highest BCUT2D eigenvalue weighted by molar-refractivity contribution is 5.86. The van der Waals surface area contributed by atoms with Gasteiger partial charge < -0.3 is 19.6 Å². The lowest BCUT2D eigenvalue weighted by Crippen LogP contribution is -2.48. The minimum absolute atomic E-state index is 0.258. The Hall–Kier alpha value is -2.83. The number of carboxylic acid groups (broad SMARTS) is 1. The standard InChI is InChI=1S/C19H23NO6/c1-5-12-8-16(21)26-15-9-13(6-7-14(12)15)25-11(4)18(22)20-17(10(2)3)19(23)24/h6-11,17H,5H2,1-4H3,(H,20,22)(H,23,24)/t11-,17+/m1/s1. The van der Waals surface area contributed by atoms with E-state index in [0.717, 1.165) is 10.9 Å². The highest BCUT2D eigenvalue weighted by Gasteiger charge is 2.26. The van der Waals surface area contributed by atoms with Crippen LogP contribution >= 0.6 is 0 Å². The largest absolute Gasteiger partial charge is 0.481 e. The van der Waals surface area contributed by atoms with Crippen molar-refractivity contribution in [1.29, 1.82) is 0 Å². The molecule has 0 spiro atoms. The Morgan fingerprint density at radius 3 is 2.50 bits per heavy atom. The van der Waals surface area contributed by atoms with E-state index in [-0.39, 0.29) is 5.92 Å². The van der Waals surface area contributed by atoms with E-state index >= 15 is 0 Å². The van der Waals surface area contributed by atoms with E-state index in [1.165, 1.54) is 13.0 Å². The number of hydrogen-bond donors (Lipinski definition) is 2. The summed E-state index contributed by atoms with van der Waals surface area (Å²) in [6.07, 6.45) is -0.221. The molecule has 0 bridgehead atoms. The molecular weight excluding hydrogens is 338 g/mol. The number of hydrogen-bond acceptors (Lipinski definition) is 5. The Kier molecular flexibility index (Phi) is 6.02. The van der Waals surface area contributed by atoms with Crippen LogP contribution < -0.4 is 15.7 Å². The molecule has 2 rings (SSSR count). The highest BCUT2D eigenvalue weighted by atomic mass is 16.5. The lowest BCUT2D eigenvalue weighted by atomic mass is 10.0. The Morgan fingerprint density at radius 2 is 1.92 bits per heavy atom. The van der Waals surface area contributed by atoms with E-state index in [4.69, 9.17) is 14.3 Å². The Bertz CT molecular complexity index is 870.